The van der Waals surface area contributed by atoms with Crippen LogP contribution in [-0.4, -0.2) is 36.7 Å². The van der Waals surface area contributed by atoms with E-state index in [1.165, 1.54) is 0 Å². The van der Waals surface area contributed by atoms with E-state index in [0.717, 1.165) is 11.1 Å². The minimum absolute atomic E-state index is 0.273. The Hall–Kier alpha value is -3.28. The number of esters is 2. The first-order valence-electron chi connectivity index (χ1n) is 11.1. The van der Waals surface area contributed by atoms with Crippen LogP contribution in [0.1, 0.15) is 58.5 Å². The molecular weight excluding hydrogens is 420 g/mol. The summed E-state index contributed by atoms with van der Waals surface area (Å²) in [5, 5.41) is 0. The van der Waals surface area contributed by atoms with Crippen molar-refractivity contribution in [2.24, 2.45) is 17.3 Å². The second-order valence-electron chi connectivity index (χ2n) is 9.30. The summed E-state index contributed by atoms with van der Waals surface area (Å²) in [5.74, 6) is -2.60. The van der Waals surface area contributed by atoms with Crippen molar-refractivity contribution in [3.8, 4) is 0 Å². The molecule has 6 heteroatoms. The molecule has 174 valence electrons. The van der Waals surface area contributed by atoms with Crippen molar-refractivity contribution in [1.82, 2.24) is 0 Å². The van der Waals surface area contributed by atoms with Gasteiger partial charge in [-0.3, -0.25) is 19.2 Å². The van der Waals surface area contributed by atoms with Crippen LogP contribution in [0.15, 0.2) is 48.5 Å². The average molecular weight is 451 g/mol. The van der Waals surface area contributed by atoms with Gasteiger partial charge in [0.05, 0.1) is 11.8 Å². The first kappa shape index (κ1) is 24.4. The van der Waals surface area contributed by atoms with E-state index < -0.39 is 29.2 Å². The Balaban J connectivity index is 1.53. The first-order valence-corrected chi connectivity index (χ1v) is 11.1. The van der Waals surface area contributed by atoms with Crippen LogP contribution >= 0.6 is 0 Å². The molecule has 2 unspecified atom stereocenters. The normalized spacial score (nSPS) is 19.0. The van der Waals surface area contributed by atoms with Gasteiger partial charge >= 0.3 is 11.9 Å². The van der Waals surface area contributed by atoms with Gasteiger partial charge in [-0.1, -0.05) is 73.5 Å². The number of aryl methyl sites for hydroxylation is 2. The molecule has 3 rings (SSSR count). The monoisotopic (exact) mass is 450 g/mol. The number of benzene rings is 2. The number of hydrogen-bond acceptors (Lipinski definition) is 6. The summed E-state index contributed by atoms with van der Waals surface area (Å²) in [7, 11) is 0. The zero-order valence-electron chi connectivity index (χ0n) is 19.6. The molecule has 2 aromatic rings. The zero-order valence-corrected chi connectivity index (χ0v) is 19.6. The Kier molecular flexibility index (Phi) is 7.46. The van der Waals surface area contributed by atoms with Gasteiger partial charge in [-0.2, -0.15) is 0 Å². The molecule has 0 amide bonds. The maximum atomic E-state index is 12.7. The van der Waals surface area contributed by atoms with Crippen LogP contribution in [0.5, 0.6) is 0 Å². The Morgan fingerprint density at radius 2 is 1.03 bits per heavy atom. The predicted octanol–water partition coefficient (Wildman–Crippen LogP) is 4.51. The predicted molar refractivity (Wildman–Crippen MR) is 123 cm³/mol. The van der Waals surface area contributed by atoms with Gasteiger partial charge in [0.15, 0.2) is 24.8 Å². The lowest BCUT2D eigenvalue weighted by Crippen LogP contribution is -2.37. The van der Waals surface area contributed by atoms with Gasteiger partial charge in [0.1, 0.15) is 0 Å². The standard InChI is InChI=1S/C27H30O6/c1-17-5-9-19(10-6-17)23(28)15-32-25(30)21-13-14-22(27(21,3)4)26(31)33-16-24(29)20-11-7-18(2)8-12-20/h5-12,21-22H,13-16H2,1-4H3. The Morgan fingerprint density at radius 1 is 0.697 bits per heavy atom. The molecular formula is C27H30O6. The topological polar surface area (TPSA) is 86.7 Å². The van der Waals surface area contributed by atoms with Crippen LogP contribution in [0.2, 0.25) is 0 Å². The second-order valence-corrected chi connectivity index (χ2v) is 9.30. The highest BCUT2D eigenvalue weighted by molar-refractivity contribution is 5.98. The molecule has 0 heterocycles. The summed E-state index contributed by atoms with van der Waals surface area (Å²) in [6.07, 6.45) is 0.909. The minimum atomic E-state index is -0.714. The van der Waals surface area contributed by atoms with E-state index in [2.05, 4.69) is 0 Å². The highest BCUT2D eigenvalue weighted by atomic mass is 16.5. The summed E-state index contributed by atoms with van der Waals surface area (Å²) < 4.78 is 10.6. The number of hydrogen-bond donors (Lipinski definition) is 0. The van der Waals surface area contributed by atoms with Crippen molar-refractivity contribution in [2.45, 2.75) is 40.5 Å². The van der Waals surface area contributed by atoms with Gasteiger partial charge in [-0.25, -0.2) is 0 Å². The number of Topliss-reactive ketones (excluding diaryl/α,β-unsaturated/α-hetero) is 2. The number of carbonyl (C=O) groups is 4. The zero-order chi connectivity index (χ0) is 24.2. The van der Waals surface area contributed by atoms with Crippen molar-refractivity contribution in [3.05, 3.63) is 70.8 Å². The summed E-state index contributed by atoms with van der Waals surface area (Å²) in [6, 6.07) is 14.1. The summed E-state index contributed by atoms with van der Waals surface area (Å²) in [4.78, 5) is 50.1. The molecule has 2 atom stereocenters. The van der Waals surface area contributed by atoms with Crippen LogP contribution < -0.4 is 0 Å². The minimum Gasteiger partial charge on any atom is -0.457 e. The van der Waals surface area contributed by atoms with Crippen molar-refractivity contribution in [2.75, 3.05) is 13.2 Å². The number of ether oxygens (including phenoxy) is 2. The Labute approximate surface area is 194 Å². The largest absolute Gasteiger partial charge is 0.457 e. The smallest absolute Gasteiger partial charge is 0.309 e. The summed E-state index contributed by atoms with van der Waals surface area (Å²) in [5.41, 5.74) is 2.33. The van der Waals surface area contributed by atoms with E-state index in [4.69, 9.17) is 9.47 Å². The molecule has 0 spiro atoms. The quantitative estimate of drug-likeness (QED) is 0.435. The third-order valence-electron chi connectivity index (χ3n) is 6.55. The van der Waals surface area contributed by atoms with Crippen LogP contribution in [0.3, 0.4) is 0 Å². The van der Waals surface area contributed by atoms with Gasteiger partial charge < -0.3 is 9.47 Å². The van der Waals surface area contributed by atoms with Gasteiger partial charge in [0.25, 0.3) is 0 Å². The van der Waals surface area contributed by atoms with E-state index in [1.54, 1.807) is 24.3 Å². The molecule has 33 heavy (non-hydrogen) atoms. The first-order chi connectivity index (χ1) is 15.6. The highest BCUT2D eigenvalue weighted by Gasteiger charge is 2.51. The number of carbonyl (C=O) groups excluding carboxylic acids is 4. The van der Waals surface area contributed by atoms with Gasteiger partial charge in [-0.05, 0) is 32.1 Å². The van der Waals surface area contributed by atoms with E-state index >= 15 is 0 Å². The van der Waals surface area contributed by atoms with Crippen molar-refractivity contribution >= 4 is 23.5 Å². The lowest BCUT2D eigenvalue weighted by atomic mass is 9.75. The fourth-order valence-corrected chi connectivity index (χ4v) is 4.28. The fraction of sp³-hybridized carbons (Fsp3) is 0.407. The molecule has 0 bridgehead atoms. The SMILES string of the molecule is Cc1ccc(C(=O)COC(=O)C2CCC(C(=O)OCC(=O)c3ccc(C)cc3)C2(C)C)cc1. The van der Waals surface area contributed by atoms with Crippen LogP contribution in [0, 0.1) is 31.1 Å². The molecule has 0 aliphatic heterocycles. The maximum Gasteiger partial charge on any atom is 0.309 e. The molecule has 1 aliphatic rings. The molecule has 1 aliphatic carbocycles. The van der Waals surface area contributed by atoms with Crippen LogP contribution in [0.4, 0.5) is 0 Å². The van der Waals surface area contributed by atoms with Crippen LogP contribution in [0.25, 0.3) is 0 Å². The summed E-state index contributed by atoms with van der Waals surface area (Å²) >= 11 is 0. The van der Waals surface area contributed by atoms with Crippen molar-refractivity contribution in [1.29, 1.82) is 0 Å². The Bertz CT molecular complexity index is 950. The molecule has 0 saturated heterocycles. The summed E-state index contributed by atoms with van der Waals surface area (Å²) in [6.45, 7) is 6.82. The fourth-order valence-electron chi connectivity index (χ4n) is 4.28. The van der Waals surface area contributed by atoms with Gasteiger partial charge in [0.2, 0.25) is 0 Å². The van der Waals surface area contributed by atoms with E-state index in [9.17, 15) is 19.2 Å². The molecule has 2 aromatic carbocycles. The maximum absolute atomic E-state index is 12.7. The van der Waals surface area contributed by atoms with Gasteiger partial charge in [-0.15, -0.1) is 0 Å². The third-order valence-corrected chi connectivity index (χ3v) is 6.55. The molecule has 1 fully saturated rings. The molecule has 1 saturated carbocycles. The van der Waals surface area contributed by atoms with Crippen LogP contribution in [-0.2, 0) is 19.1 Å². The Morgan fingerprint density at radius 3 is 1.36 bits per heavy atom. The second kappa shape index (κ2) is 10.1. The number of rotatable bonds is 8. The lowest BCUT2D eigenvalue weighted by Gasteiger charge is -2.30. The molecule has 0 radical (unpaired) electrons. The third kappa shape index (κ3) is 5.75. The van der Waals surface area contributed by atoms with E-state index in [0.29, 0.717) is 24.0 Å². The molecule has 0 aromatic heterocycles. The van der Waals surface area contributed by atoms with E-state index in [1.807, 2.05) is 52.0 Å². The molecule has 0 N–H and O–H groups in total. The van der Waals surface area contributed by atoms with Gasteiger partial charge in [0, 0.05) is 11.1 Å². The average Bonchev–Trinajstić information content (AvgIpc) is 3.11. The highest BCUT2D eigenvalue weighted by Crippen LogP contribution is 2.48. The number of ketones is 2. The van der Waals surface area contributed by atoms with Crippen molar-refractivity contribution < 1.29 is 28.7 Å². The van der Waals surface area contributed by atoms with E-state index in [-0.39, 0.29) is 24.8 Å². The lowest BCUT2D eigenvalue weighted by molar-refractivity contribution is -0.155. The molecule has 6 nitrogen and oxygen atoms in total. The van der Waals surface area contributed by atoms with Crippen molar-refractivity contribution in [3.63, 3.8) is 0 Å².